The van der Waals surface area contributed by atoms with Gasteiger partial charge in [0.15, 0.2) is 0 Å². The van der Waals surface area contributed by atoms with Gasteiger partial charge >= 0.3 is 0 Å². The Morgan fingerprint density at radius 1 is 0.960 bits per heavy atom. The van der Waals surface area contributed by atoms with Crippen molar-refractivity contribution in [2.75, 3.05) is 13.1 Å². The molecule has 25 heavy (non-hydrogen) atoms. The van der Waals surface area contributed by atoms with E-state index < -0.39 is 0 Å². The number of likely N-dealkylation sites (tertiary alicyclic amines) is 1. The quantitative estimate of drug-likeness (QED) is 0.933. The second kappa shape index (κ2) is 8.42. The van der Waals surface area contributed by atoms with Crippen LogP contribution >= 0.6 is 0 Å². The van der Waals surface area contributed by atoms with Crippen molar-refractivity contribution in [2.45, 2.75) is 32.2 Å². The van der Waals surface area contributed by atoms with Gasteiger partial charge in [0.1, 0.15) is 0 Å². The Morgan fingerprint density at radius 2 is 1.64 bits per heavy atom. The Hall–Kier alpha value is -2.69. The molecule has 0 radical (unpaired) electrons. The molecule has 1 aromatic heterocycles. The van der Waals surface area contributed by atoms with Crippen molar-refractivity contribution >= 4 is 11.8 Å². The zero-order valence-electron chi connectivity index (χ0n) is 14.3. The van der Waals surface area contributed by atoms with Crippen molar-refractivity contribution in [3.05, 3.63) is 65.5 Å². The number of hydrogen-bond donors (Lipinski definition) is 1. The summed E-state index contributed by atoms with van der Waals surface area (Å²) in [5.41, 5.74) is 1.92. The average molecular weight is 337 g/mol. The lowest BCUT2D eigenvalue weighted by molar-refractivity contribution is 0.0761. The number of rotatable bonds is 4. The van der Waals surface area contributed by atoms with Crippen molar-refractivity contribution in [2.24, 2.45) is 0 Å². The van der Waals surface area contributed by atoms with E-state index in [1.807, 2.05) is 35.2 Å². The van der Waals surface area contributed by atoms with E-state index in [4.69, 9.17) is 0 Å². The third-order valence-electron chi connectivity index (χ3n) is 4.44. The van der Waals surface area contributed by atoms with E-state index in [0.29, 0.717) is 17.7 Å². The third-order valence-corrected chi connectivity index (χ3v) is 4.44. The van der Waals surface area contributed by atoms with Crippen LogP contribution in [0.15, 0.2) is 48.8 Å². The minimum atomic E-state index is -0.220. The first-order valence-corrected chi connectivity index (χ1v) is 8.80. The number of hydrogen-bond acceptors (Lipinski definition) is 3. The lowest BCUT2D eigenvalue weighted by Gasteiger charge is -2.20. The van der Waals surface area contributed by atoms with E-state index in [1.165, 1.54) is 19.0 Å². The van der Waals surface area contributed by atoms with E-state index in [0.717, 1.165) is 31.5 Å². The summed E-state index contributed by atoms with van der Waals surface area (Å²) in [5.74, 6) is -0.256. The molecule has 2 amide bonds. The monoisotopic (exact) mass is 337 g/mol. The lowest BCUT2D eigenvalue weighted by atomic mass is 10.1. The average Bonchev–Trinajstić information content (AvgIpc) is 2.96. The van der Waals surface area contributed by atoms with E-state index in [9.17, 15) is 9.59 Å². The molecular formula is C20H23N3O2. The molecule has 1 aliphatic rings. The van der Waals surface area contributed by atoms with Crippen LogP contribution in [-0.4, -0.2) is 34.8 Å². The molecule has 130 valence electrons. The van der Waals surface area contributed by atoms with Crippen LogP contribution < -0.4 is 5.32 Å². The Bertz CT molecular complexity index is 723. The van der Waals surface area contributed by atoms with E-state index >= 15 is 0 Å². The first kappa shape index (κ1) is 17.1. The van der Waals surface area contributed by atoms with E-state index in [1.54, 1.807) is 12.3 Å². The normalized spacial score (nSPS) is 14.6. The molecule has 0 saturated carbocycles. The van der Waals surface area contributed by atoms with Gasteiger partial charge in [0.05, 0.1) is 11.1 Å². The summed E-state index contributed by atoms with van der Waals surface area (Å²) < 4.78 is 0. The van der Waals surface area contributed by atoms with Crippen LogP contribution in [0.4, 0.5) is 0 Å². The summed E-state index contributed by atoms with van der Waals surface area (Å²) in [6, 6.07) is 11.4. The second-order valence-corrected chi connectivity index (χ2v) is 6.34. The molecule has 5 heteroatoms. The molecule has 1 aliphatic heterocycles. The maximum atomic E-state index is 12.7. The Balaban J connectivity index is 1.65. The molecule has 0 unspecified atom stereocenters. The summed E-state index contributed by atoms with van der Waals surface area (Å²) in [5, 5.41) is 2.87. The van der Waals surface area contributed by atoms with Crippen molar-refractivity contribution in [1.29, 1.82) is 0 Å². The maximum absolute atomic E-state index is 12.7. The van der Waals surface area contributed by atoms with Crippen molar-refractivity contribution in [3.8, 4) is 0 Å². The highest BCUT2D eigenvalue weighted by molar-refractivity contribution is 5.99. The van der Waals surface area contributed by atoms with Gasteiger partial charge in [0.25, 0.3) is 11.8 Å². The highest BCUT2D eigenvalue weighted by atomic mass is 16.2. The smallest absolute Gasteiger partial charge is 0.255 e. The van der Waals surface area contributed by atoms with Crippen LogP contribution in [0.3, 0.4) is 0 Å². The van der Waals surface area contributed by atoms with Crippen LogP contribution in [0, 0.1) is 0 Å². The van der Waals surface area contributed by atoms with Gasteiger partial charge in [-0.05, 0) is 24.5 Å². The van der Waals surface area contributed by atoms with Gasteiger partial charge < -0.3 is 10.2 Å². The number of nitrogens with zero attached hydrogens (tertiary/aromatic N) is 2. The summed E-state index contributed by atoms with van der Waals surface area (Å²) in [6.45, 7) is 2.01. The third kappa shape index (κ3) is 4.66. The lowest BCUT2D eigenvalue weighted by Crippen LogP contribution is -2.32. The van der Waals surface area contributed by atoms with Crippen LogP contribution in [0.5, 0.6) is 0 Å². The molecule has 0 atom stereocenters. The van der Waals surface area contributed by atoms with Crippen LogP contribution in [0.2, 0.25) is 0 Å². The minimum Gasteiger partial charge on any atom is -0.348 e. The maximum Gasteiger partial charge on any atom is 0.255 e. The SMILES string of the molecule is O=C(NCc1ccccc1)c1cncc(C(=O)N2CCCCCC2)c1. The van der Waals surface area contributed by atoms with E-state index in [2.05, 4.69) is 10.3 Å². The molecule has 0 bridgehead atoms. The van der Waals surface area contributed by atoms with Gasteiger partial charge in [0.2, 0.25) is 0 Å². The highest BCUT2D eigenvalue weighted by Crippen LogP contribution is 2.14. The Labute approximate surface area is 148 Å². The van der Waals surface area contributed by atoms with Gasteiger partial charge in [-0.3, -0.25) is 14.6 Å². The number of pyridine rings is 1. The van der Waals surface area contributed by atoms with Crippen molar-refractivity contribution in [1.82, 2.24) is 15.2 Å². The first-order valence-electron chi connectivity index (χ1n) is 8.80. The van der Waals surface area contributed by atoms with E-state index in [-0.39, 0.29) is 11.8 Å². The fraction of sp³-hybridized carbons (Fsp3) is 0.350. The highest BCUT2D eigenvalue weighted by Gasteiger charge is 2.18. The number of nitrogens with one attached hydrogen (secondary N) is 1. The van der Waals surface area contributed by atoms with Gasteiger partial charge in [0, 0.05) is 32.0 Å². The summed E-state index contributed by atoms with van der Waals surface area (Å²) in [7, 11) is 0. The predicted octanol–water partition coefficient (Wildman–Crippen LogP) is 3.03. The molecule has 5 nitrogen and oxygen atoms in total. The number of carbonyl (C=O) groups excluding carboxylic acids is 2. The molecular weight excluding hydrogens is 314 g/mol. The fourth-order valence-electron chi connectivity index (χ4n) is 3.02. The number of amides is 2. The van der Waals surface area contributed by atoms with Gasteiger partial charge in [-0.15, -0.1) is 0 Å². The molecule has 3 rings (SSSR count). The standard InChI is InChI=1S/C20H23N3O2/c24-19(22-13-16-8-4-3-5-9-16)17-12-18(15-21-14-17)20(25)23-10-6-1-2-7-11-23/h3-5,8-9,12,14-15H,1-2,6-7,10-11,13H2,(H,22,24). The molecule has 1 saturated heterocycles. The van der Waals surface area contributed by atoms with Crippen LogP contribution in [-0.2, 0) is 6.54 Å². The number of aromatic nitrogens is 1. The van der Waals surface area contributed by atoms with Crippen molar-refractivity contribution in [3.63, 3.8) is 0 Å². The molecule has 0 spiro atoms. The first-order chi connectivity index (χ1) is 12.2. The van der Waals surface area contributed by atoms with Crippen LogP contribution in [0.25, 0.3) is 0 Å². The number of benzene rings is 1. The zero-order chi connectivity index (χ0) is 17.5. The minimum absolute atomic E-state index is 0.0351. The van der Waals surface area contributed by atoms with Crippen LogP contribution in [0.1, 0.15) is 52.0 Å². The summed E-state index contributed by atoms with van der Waals surface area (Å²) >= 11 is 0. The number of carbonyl (C=O) groups is 2. The topological polar surface area (TPSA) is 62.3 Å². The second-order valence-electron chi connectivity index (χ2n) is 6.34. The molecule has 2 aromatic rings. The fourth-order valence-corrected chi connectivity index (χ4v) is 3.02. The Kier molecular flexibility index (Phi) is 5.77. The summed E-state index contributed by atoms with van der Waals surface area (Å²) in [6.07, 6.45) is 7.46. The van der Waals surface area contributed by atoms with Crippen molar-refractivity contribution < 1.29 is 9.59 Å². The molecule has 2 heterocycles. The molecule has 1 aromatic carbocycles. The largest absolute Gasteiger partial charge is 0.348 e. The Morgan fingerprint density at radius 3 is 2.36 bits per heavy atom. The van der Waals surface area contributed by atoms with Gasteiger partial charge in [-0.25, -0.2) is 0 Å². The van der Waals surface area contributed by atoms with Gasteiger partial charge in [-0.2, -0.15) is 0 Å². The zero-order valence-corrected chi connectivity index (χ0v) is 14.3. The predicted molar refractivity (Wildman–Crippen MR) is 96.2 cm³/mol. The molecule has 1 fully saturated rings. The molecule has 1 N–H and O–H groups in total. The van der Waals surface area contributed by atoms with Gasteiger partial charge in [-0.1, -0.05) is 43.2 Å². The molecule has 0 aliphatic carbocycles. The summed E-state index contributed by atoms with van der Waals surface area (Å²) in [4.78, 5) is 31.0.